The summed E-state index contributed by atoms with van der Waals surface area (Å²) in [6.07, 6.45) is 92.4. The van der Waals surface area contributed by atoms with Gasteiger partial charge in [0.25, 0.3) is 0 Å². The fourth-order valence-corrected chi connectivity index (χ4v) is 11.7. The molecule has 1 amide bonds. The van der Waals surface area contributed by atoms with E-state index in [1.807, 2.05) is 6.08 Å². The molecule has 6 nitrogen and oxygen atoms in total. The van der Waals surface area contributed by atoms with E-state index in [4.69, 9.17) is 4.74 Å². The summed E-state index contributed by atoms with van der Waals surface area (Å²) in [5.74, 6) is -0.0528. The van der Waals surface area contributed by atoms with Crippen LogP contribution < -0.4 is 5.32 Å². The fraction of sp³-hybridized carbons (Fsp3) is 0.895. The maximum atomic E-state index is 12.5. The quantitative estimate of drug-likeness (QED) is 0.0320. The van der Waals surface area contributed by atoms with E-state index >= 15 is 0 Å². The number of hydrogen-bond donors (Lipinski definition) is 3. The van der Waals surface area contributed by atoms with Crippen molar-refractivity contribution in [3.8, 4) is 0 Å². The Morgan fingerprint density at radius 1 is 0.329 bits per heavy atom. The van der Waals surface area contributed by atoms with Crippen LogP contribution in [0.2, 0.25) is 0 Å². The molecule has 0 aliphatic carbocycles. The number of rotatable bonds is 70. The van der Waals surface area contributed by atoms with Crippen LogP contribution in [-0.2, 0) is 14.3 Å². The number of carbonyl (C=O) groups excluding carboxylic acids is 2. The average Bonchev–Trinajstić information content (AvgIpc) is 3.48. The van der Waals surface area contributed by atoms with Gasteiger partial charge in [0.1, 0.15) is 0 Å². The Morgan fingerprint density at radius 2 is 0.573 bits per heavy atom. The van der Waals surface area contributed by atoms with Gasteiger partial charge in [-0.3, -0.25) is 9.59 Å². The zero-order valence-corrected chi connectivity index (χ0v) is 55.5. The average molecular weight is 1150 g/mol. The molecule has 0 radical (unpaired) electrons. The SMILES string of the molecule is CCCCCCC/C=C\CCCCCCCC(=O)OCCCCCCCCCCCCCC/C=C\CCCCCCCCCCCCCCCCCC(=O)NC(CO)C(O)/C=C/CCCCCCCCCCCCCCCCCCCC. The summed E-state index contributed by atoms with van der Waals surface area (Å²) in [6.45, 7) is 4.93. The summed E-state index contributed by atoms with van der Waals surface area (Å²) in [7, 11) is 0. The zero-order valence-electron chi connectivity index (χ0n) is 55.5. The molecule has 0 aromatic heterocycles. The molecule has 0 fully saturated rings. The number of ether oxygens (including phenoxy) is 1. The maximum absolute atomic E-state index is 12.5. The molecule has 0 aliphatic heterocycles. The van der Waals surface area contributed by atoms with Crippen molar-refractivity contribution in [1.29, 1.82) is 0 Å². The molecular weight excluding hydrogens is 1010 g/mol. The topological polar surface area (TPSA) is 95.9 Å². The highest BCUT2D eigenvalue weighted by atomic mass is 16.5. The van der Waals surface area contributed by atoms with E-state index in [1.165, 1.54) is 340 Å². The van der Waals surface area contributed by atoms with Crippen LogP contribution in [0, 0.1) is 0 Å². The highest BCUT2D eigenvalue weighted by Crippen LogP contribution is 2.19. The van der Waals surface area contributed by atoms with E-state index in [9.17, 15) is 19.8 Å². The first-order chi connectivity index (χ1) is 40.5. The third-order valence-electron chi connectivity index (χ3n) is 17.4. The van der Waals surface area contributed by atoms with E-state index in [2.05, 4.69) is 43.5 Å². The van der Waals surface area contributed by atoms with Crippen molar-refractivity contribution in [2.75, 3.05) is 13.2 Å². The van der Waals surface area contributed by atoms with E-state index in [-0.39, 0.29) is 18.5 Å². The van der Waals surface area contributed by atoms with Crippen LogP contribution >= 0.6 is 0 Å². The molecule has 3 N–H and O–H groups in total. The summed E-state index contributed by atoms with van der Waals surface area (Å²) < 4.78 is 5.49. The van der Waals surface area contributed by atoms with Gasteiger partial charge in [-0.1, -0.05) is 352 Å². The second kappa shape index (κ2) is 71.6. The smallest absolute Gasteiger partial charge is 0.305 e. The first kappa shape index (κ1) is 80.1. The number of aliphatic hydroxyl groups is 2. The Morgan fingerprint density at radius 3 is 0.866 bits per heavy atom. The molecular formula is C76H145NO5. The minimum absolute atomic E-state index is 0.00932. The molecule has 0 aliphatic rings. The van der Waals surface area contributed by atoms with E-state index in [1.54, 1.807) is 6.08 Å². The first-order valence-corrected chi connectivity index (χ1v) is 37.3. The molecule has 484 valence electrons. The molecule has 0 spiro atoms. The first-order valence-electron chi connectivity index (χ1n) is 37.3. The van der Waals surface area contributed by atoms with Crippen molar-refractivity contribution in [2.45, 2.75) is 424 Å². The number of unbranched alkanes of at least 4 members (excludes halogenated alkanes) is 55. The van der Waals surface area contributed by atoms with Crippen molar-refractivity contribution < 1.29 is 24.5 Å². The predicted molar refractivity (Wildman–Crippen MR) is 361 cm³/mol. The van der Waals surface area contributed by atoms with Crippen LogP contribution in [0.15, 0.2) is 36.5 Å². The number of nitrogens with one attached hydrogen (secondary N) is 1. The van der Waals surface area contributed by atoms with Crippen molar-refractivity contribution in [3.05, 3.63) is 36.5 Å². The van der Waals surface area contributed by atoms with Gasteiger partial charge < -0.3 is 20.3 Å². The lowest BCUT2D eigenvalue weighted by molar-refractivity contribution is -0.143. The van der Waals surface area contributed by atoms with E-state index < -0.39 is 12.1 Å². The lowest BCUT2D eigenvalue weighted by Crippen LogP contribution is -2.45. The Hall–Kier alpha value is -1.92. The standard InChI is InChI=1S/C76H145NO5/c1-3-5-7-9-11-13-15-17-19-20-21-35-38-41-44-48-52-56-60-64-68-74(79)73(72-78)77-75(80)69-65-61-57-53-49-45-42-39-36-33-31-29-27-25-23-22-24-26-28-30-32-34-37-40-43-47-51-55-59-63-67-71-82-76(81)70-66-62-58-54-50-46-18-16-14-12-10-8-6-4-2/h16,18,24,26,64,68,73-74,78-79H,3-15,17,19-23,25,27-63,65-67,69-72H2,1-2H3,(H,77,80)/b18-16-,26-24-,68-64+. The summed E-state index contributed by atoms with van der Waals surface area (Å²) >= 11 is 0. The van der Waals surface area contributed by atoms with Crippen molar-refractivity contribution in [3.63, 3.8) is 0 Å². The molecule has 82 heavy (non-hydrogen) atoms. The second-order valence-corrected chi connectivity index (χ2v) is 25.6. The highest BCUT2D eigenvalue weighted by molar-refractivity contribution is 5.76. The Balaban J connectivity index is 3.39. The highest BCUT2D eigenvalue weighted by Gasteiger charge is 2.18. The Bertz CT molecular complexity index is 1330. The van der Waals surface area contributed by atoms with Gasteiger partial charge in [-0.15, -0.1) is 0 Å². The largest absolute Gasteiger partial charge is 0.466 e. The maximum Gasteiger partial charge on any atom is 0.305 e. The molecule has 0 saturated carbocycles. The molecule has 2 unspecified atom stereocenters. The number of esters is 1. The van der Waals surface area contributed by atoms with Crippen molar-refractivity contribution in [2.24, 2.45) is 0 Å². The Kier molecular flexibility index (Phi) is 69.9. The van der Waals surface area contributed by atoms with Crippen LogP contribution in [0.3, 0.4) is 0 Å². The number of hydrogen-bond acceptors (Lipinski definition) is 5. The predicted octanol–water partition coefficient (Wildman–Crippen LogP) is 24.3. The minimum Gasteiger partial charge on any atom is -0.466 e. The summed E-state index contributed by atoms with van der Waals surface area (Å²) in [6, 6.07) is -0.627. The number of aliphatic hydroxyl groups excluding tert-OH is 2. The third-order valence-corrected chi connectivity index (χ3v) is 17.4. The zero-order chi connectivity index (χ0) is 59.2. The molecule has 2 atom stereocenters. The Labute approximate surface area is 513 Å². The van der Waals surface area contributed by atoms with Crippen LogP contribution in [-0.4, -0.2) is 47.4 Å². The van der Waals surface area contributed by atoms with E-state index in [0.29, 0.717) is 19.4 Å². The molecule has 0 rings (SSSR count). The summed E-state index contributed by atoms with van der Waals surface area (Å²) in [4.78, 5) is 24.6. The fourth-order valence-electron chi connectivity index (χ4n) is 11.7. The van der Waals surface area contributed by atoms with E-state index in [0.717, 1.165) is 44.9 Å². The molecule has 0 bridgehead atoms. The second-order valence-electron chi connectivity index (χ2n) is 25.6. The third kappa shape index (κ3) is 67.2. The van der Waals surface area contributed by atoms with Gasteiger partial charge in [0, 0.05) is 12.8 Å². The van der Waals surface area contributed by atoms with Crippen LogP contribution in [0.5, 0.6) is 0 Å². The lowest BCUT2D eigenvalue weighted by Gasteiger charge is -2.20. The minimum atomic E-state index is -0.844. The lowest BCUT2D eigenvalue weighted by atomic mass is 10.0. The van der Waals surface area contributed by atoms with Crippen LogP contribution in [0.4, 0.5) is 0 Å². The molecule has 0 heterocycles. The molecule has 0 aromatic rings. The van der Waals surface area contributed by atoms with Gasteiger partial charge in [0.2, 0.25) is 5.91 Å². The molecule has 0 aromatic carbocycles. The number of amides is 1. The summed E-state index contributed by atoms with van der Waals surface area (Å²) in [5.41, 5.74) is 0. The normalized spacial score (nSPS) is 12.7. The van der Waals surface area contributed by atoms with Gasteiger partial charge in [0.05, 0.1) is 25.4 Å². The van der Waals surface area contributed by atoms with Gasteiger partial charge in [-0.05, 0) is 83.5 Å². The van der Waals surface area contributed by atoms with Crippen molar-refractivity contribution >= 4 is 11.9 Å². The van der Waals surface area contributed by atoms with Crippen LogP contribution in [0.1, 0.15) is 412 Å². The monoisotopic (exact) mass is 1150 g/mol. The molecule has 0 saturated heterocycles. The number of carbonyl (C=O) groups is 2. The van der Waals surface area contributed by atoms with Gasteiger partial charge >= 0.3 is 5.97 Å². The summed E-state index contributed by atoms with van der Waals surface area (Å²) in [5, 5.41) is 23.3. The van der Waals surface area contributed by atoms with Gasteiger partial charge in [-0.25, -0.2) is 0 Å². The molecule has 6 heteroatoms. The van der Waals surface area contributed by atoms with Crippen LogP contribution in [0.25, 0.3) is 0 Å². The van der Waals surface area contributed by atoms with Gasteiger partial charge in [0.15, 0.2) is 0 Å². The van der Waals surface area contributed by atoms with Gasteiger partial charge in [-0.2, -0.15) is 0 Å². The number of allylic oxidation sites excluding steroid dienone is 5. The van der Waals surface area contributed by atoms with Crippen molar-refractivity contribution in [1.82, 2.24) is 5.32 Å².